The molecule has 160 valence electrons. The predicted octanol–water partition coefficient (Wildman–Crippen LogP) is 2.53. The molecular formula is C21H38N4O3. The van der Waals surface area contributed by atoms with E-state index in [1.807, 2.05) is 12.1 Å². The molecule has 1 unspecified atom stereocenters. The van der Waals surface area contributed by atoms with Gasteiger partial charge < -0.3 is 29.7 Å². The summed E-state index contributed by atoms with van der Waals surface area (Å²) in [7, 11) is 9.18. The Bertz CT molecular complexity index is 591. The molecule has 1 atom stereocenters. The molecule has 1 rings (SSSR count). The van der Waals surface area contributed by atoms with Gasteiger partial charge in [0.05, 0.1) is 26.9 Å². The van der Waals surface area contributed by atoms with E-state index in [1.165, 1.54) is 0 Å². The van der Waals surface area contributed by atoms with Gasteiger partial charge in [-0.2, -0.15) is 0 Å². The van der Waals surface area contributed by atoms with E-state index in [0.717, 1.165) is 42.6 Å². The fraction of sp³-hybridized carbons (Fsp3) is 0.667. The van der Waals surface area contributed by atoms with Crippen LogP contribution in [-0.2, 0) is 4.74 Å². The third-order valence-electron chi connectivity index (χ3n) is 4.48. The third kappa shape index (κ3) is 8.35. The molecule has 0 aliphatic rings. The van der Waals surface area contributed by atoms with Crippen LogP contribution in [0.2, 0.25) is 0 Å². The number of guanidine groups is 1. The van der Waals surface area contributed by atoms with Gasteiger partial charge in [-0.05, 0) is 44.1 Å². The number of ether oxygens (including phenoxy) is 3. The summed E-state index contributed by atoms with van der Waals surface area (Å²) >= 11 is 0. The van der Waals surface area contributed by atoms with Crippen LogP contribution in [0.4, 0.5) is 0 Å². The Labute approximate surface area is 170 Å². The van der Waals surface area contributed by atoms with Crippen molar-refractivity contribution in [1.82, 2.24) is 15.5 Å². The molecule has 0 saturated heterocycles. The van der Waals surface area contributed by atoms with Crippen LogP contribution < -0.4 is 20.1 Å². The van der Waals surface area contributed by atoms with Crippen LogP contribution in [0.5, 0.6) is 11.5 Å². The number of hydrogen-bond acceptors (Lipinski definition) is 5. The van der Waals surface area contributed by atoms with Crippen molar-refractivity contribution in [2.24, 2.45) is 10.9 Å². The van der Waals surface area contributed by atoms with Gasteiger partial charge in [0.15, 0.2) is 17.5 Å². The van der Waals surface area contributed by atoms with Crippen LogP contribution >= 0.6 is 0 Å². The standard InChI is InChI=1S/C21H38N4O3/c1-16(2)10-12-28-13-11-23-21(22-3)24-15-18(25(4)5)17-8-9-19(26-6)20(14-17)27-7/h8-9,14,16,18H,10-13,15H2,1-7H3,(H2,22,23,24). The van der Waals surface area contributed by atoms with Gasteiger partial charge in [0.1, 0.15) is 0 Å². The number of aliphatic imine (C=N–C) groups is 1. The molecule has 0 fully saturated rings. The van der Waals surface area contributed by atoms with Crippen LogP contribution in [-0.4, -0.2) is 72.5 Å². The second-order valence-corrected chi connectivity index (χ2v) is 7.27. The maximum atomic E-state index is 5.64. The maximum absolute atomic E-state index is 5.64. The number of methoxy groups -OCH3 is 2. The zero-order valence-electron chi connectivity index (χ0n) is 18.5. The highest BCUT2D eigenvalue weighted by molar-refractivity contribution is 5.79. The Morgan fingerprint density at radius 1 is 1.07 bits per heavy atom. The summed E-state index contributed by atoms with van der Waals surface area (Å²) in [5, 5.41) is 6.69. The smallest absolute Gasteiger partial charge is 0.191 e. The van der Waals surface area contributed by atoms with E-state index in [1.54, 1.807) is 21.3 Å². The molecular weight excluding hydrogens is 356 g/mol. The minimum atomic E-state index is 0.153. The molecule has 0 radical (unpaired) electrons. The number of nitrogens with one attached hydrogen (secondary N) is 2. The van der Waals surface area contributed by atoms with E-state index in [-0.39, 0.29) is 6.04 Å². The Morgan fingerprint density at radius 2 is 1.79 bits per heavy atom. The monoisotopic (exact) mass is 394 g/mol. The van der Waals surface area contributed by atoms with E-state index in [0.29, 0.717) is 19.1 Å². The van der Waals surface area contributed by atoms with Crippen molar-refractivity contribution >= 4 is 5.96 Å². The molecule has 7 heteroatoms. The highest BCUT2D eigenvalue weighted by Crippen LogP contribution is 2.31. The second-order valence-electron chi connectivity index (χ2n) is 7.27. The Balaban J connectivity index is 2.57. The molecule has 7 nitrogen and oxygen atoms in total. The van der Waals surface area contributed by atoms with Crippen molar-refractivity contribution in [1.29, 1.82) is 0 Å². The molecule has 0 spiro atoms. The van der Waals surface area contributed by atoms with Crippen molar-refractivity contribution < 1.29 is 14.2 Å². The second kappa shape index (κ2) is 13.2. The van der Waals surface area contributed by atoms with E-state index < -0.39 is 0 Å². The first-order valence-electron chi connectivity index (χ1n) is 9.83. The normalized spacial score (nSPS) is 13.0. The minimum absolute atomic E-state index is 0.153. The van der Waals surface area contributed by atoms with E-state index in [2.05, 4.69) is 54.5 Å². The Morgan fingerprint density at radius 3 is 2.36 bits per heavy atom. The summed E-state index contributed by atoms with van der Waals surface area (Å²) in [5.41, 5.74) is 1.14. The van der Waals surface area contributed by atoms with Gasteiger partial charge in [0.25, 0.3) is 0 Å². The topological polar surface area (TPSA) is 67.4 Å². The average molecular weight is 395 g/mol. The SMILES string of the molecule is CN=C(NCCOCCC(C)C)NCC(c1ccc(OC)c(OC)c1)N(C)C. The number of likely N-dealkylation sites (N-methyl/N-ethyl adjacent to an activating group) is 1. The van der Waals surface area contributed by atoms with Gasteiger partial charge in [-0.15, -0.1) is 0 Å². The summed E-state index contributed by atoms with van der Waals surface area (Å²) in [4.78, 5) is 6.46. The molecule has 1 aromatic rings. The lowest BCUT2D eigenvalue weighted by Gasteiger charge is -2.26. The molecule has 0 aliphatic carbocycles. The maximum Gasteiger partial charge on any atom is 0.191 e. The fourth-order valence-electron chi connectivity index (χ4n) is 2.74. The van der Waals surface area contributed by atoms with Gasteiger partial charge in [-0.1, -0.05) is 19.9 Å². The number of hydrogen-bond donors (Lipinski definition) is 2. The van der Waals surface area contributed by atoms with Crippen molar-refractivity contribution in [2.45, 2.75) is 26.3 Å². The van der Waals surface area contributed by atoms with Crippen molar-refractivity contribution in [3.8, 4) is 11.5 Å². The number of nitrogens with zero attached hydrogens (tertiary/aromatic N) is 2. The van der Waals surface area contributed by atoms with Gasteiger partial charge in [0, 0.05) is 26.7 Å². The van der Waals surface area contributed by atoms with E-state index in [9.17, 15) is 0 Å². The zero-order valence-corrected chi connectivity index (χ0v) is 18.5. The van der Waals surface area contributed by atoms with Crippen LogP contribution in [0, 0.1) is 5.92 Å². The van der Waals surface area contributed by atoms with Crippen molar-refractivity contribution in [2.75, 3.05) is 61.7 Å². The Kier molecular flexibility index (Phi) is 11.4. The minimum Gasteiger partial charge on any atom is -0.493 e. The highest BCUT2D eigenvalue weighted by atomic mass is 16.5. The van der Waals surface area contributed by atoms with Crippen molar-refractivity contribution in [3.05, 3.63) is 23.8 Å². The first kappa shape index (κ1) is 24.0. The lowest BCUT2D eigenvalue weighted by molar-refractivity contribution is 0.128. The molecule has 0 aliphatic heterocycles. The number of benzene rings is 1. The highest BCUT2D eigenvalue weighted by Gasteiger charge is 2.17. The Hall–Kier alpha value is -1.99. The fourth-order valence-corrected chi connectivity index (χ4v) is 2.74. The van der Waals surface area contributed by atoms with E-state index >= 15 is 0 Å². The summed E-state index contributed by atoms with van der Waals surface area (Å²) in [6, 6.07) is 6.17. The van der Waals surface area contributed by atoms with Gasteiger partial charge in [-0.25, -0.2) is 0 Å². The lowest BCUT2D eigenvalue weighted by atomic mass is 10.1. The average Bonchev–Trinajstić information content (AvgIpc) is 2.68. The van der Waals surface area contributed by atoms with Crippen LogP contribution in [0.3, 0.4) is 0 Å². The van der Waals surface area contributed by atoms with Crippen LogP contribution in [0.25, 0.3) is 0 Å². The largest absolute Gasteiger partial charge is 0.493 e. The van der Waals surface area contributed by atoms with Gasteiger partial charge in [-0.3, -0.25) is 4.99 Å². The molecule has 0 bridgehead atoms. The quantitative estimate of drug-likeness (QED) is 0.323. The van der Waals surface area contributed by atoms with E-state index in [4.69, 9.17) is 14.2 Å². The lowest BCUT2D eigenvalue weighted by Crippen LogP contribution is -2.42. The molecule has 0 amide bonds. The molecule has 28 heavy (non-hydrogen) atoms. The van der Waals surface area contributed by atoms with Crippen molar-refractivity contribution in [3.63, 3.8) is 0 Å². The molecule has 2 N–H and O–H groups in total. The molecule has 0 aromatic heterocycles. The number of rotatable bonds is 12. The first-order chi connectivity index (χ1) is 13.4. The first-order valence-corrected chi connectivity index (χ1v) is 9.83. The molecule has 0 heterocycles. The third-order valence-corrected chi connectivity index (χ3v) is 4.48. The molecule has 1 aromatic carbocycles. The van der Waals surface area contributed by atoms with Crippen LogP contribution in [0.15, 0.2) is 23.2 Å². The molecule has 0 saturated carbocycles. The van der Waals surface area contributed by atoms with Gasteiger partial charge >= 0.3 is 0 Å². The van der Waals surface area contributed by atoms with Gasteiger partial charge in [0.2, 0.25) is 0 Å². The summed E-state index contributed by atoms with van der Waals surface area (Å²) in [6.07, 6.45) is 1.09. The zero-order chi connectivity index (χ0) is 20.9. The summed E-state index contributed by atoms with van der Waals surface area (Å²) in [6.45, 7) is 7.30. The predicted molar refractivity (Wildman–Crippen MR) is 116 cm³/mol. The van der Waals surface area contributed by atoms with Crippen LogP contribution in [0.1, 0.15) is 31.9 Å². The summed E-state index contributed by atoms with van der Waals surface area (Å²) < 4.78 is 16.4. The summed E-state index contributed by atoms with van der Waals surface area (Å²) in [5.74, 6) is 2.89.